The predicted octanol–water partition coefficient (Wildman–Crippen LogP) is 1.14. The molecule has 1 saturated heterocycles. The van der Waals surface area contributed by atoms with Gasteiger partial charge in [0, 0.05) is 17.8 Å². The molecule has 0 saturated carbocycles. The number of hydrogen-bond donors (Lipinski definition) is 0. The Labute approximate surface area is 132 Å². The van der Waals surface area contributed by atoms with Gasteiger partial charge in [-0.2, -0.15) is 5.10 Å². The normalized spacial score (nSPS) is 25.3. The highest BCUT2D eigenvalue weighted by Crippen LogP contribution is 2.37. The Kier molecular flexibility index (Phi) is 4.36. The molecule has 0 spiro atoms. The average molecular weight is 377 g/mol. The van der Waals surface area contributed by atoms with Crippen molar-refractivity contribution >= 4 is 41.2 Å². The Hall–Kier alpha value is -0.350. The molecule has 0 aliphatic carbocycles. The van der Waals surface area contributed by atoms with E-state index in [0.717, 1.165) is 0 Å². The van der Waals surface area contributed by atoms with Crippen molar-refractivity contribution in [2.45, 2.75) is 30.4 Å². The Bertz CT molecular complexity index is 772. The van der Waals surface area contributed by atoms with Gasteiger partial charge in [-0.25, -0.2) is 21.5 Å². The number of rotatable bonds is 4. The third-order valence-corrected chi connectivity index (χ3v) is 7.10. The summed E-state index contributed by atoms with van der Waals surface area (Å²) in [6, 6.07) is 0. The molecule has 1 fully saturated rings. The molecule has 2 heterocycles. The monoisotopic (exact) mass is 376 g/mol. The maximum atomic E-state index is 11.7. The second-order valence-corrected chi connectivity index (χ2v) is 10.2. The van der Waals surface area contributed by atoms with Crippen LogP contribution in [0.4, 0.5) is 0 Å². The minimum atomic E-state index is -4.12. The molecule has 0 N–H and O–H groups in total. The molecular formula is C10H14Cl2N2O5S2. The van der Waals surface area contributed by atoms with Crippen LogP contribution >= 0.6 is 22.3 Å². The summed E-state index contributed by atoms with van der Waals surface area (Å²) in [5, 5.41) is 3.92. The van der Waals surface area contributed by atoms with Gasteiger partial charge in [-0.3, -0.25) is 0 Å². The van der Waals surface area contributed by atoms with Crippen molar-refractivity contribution in [1.29, 1.82) is 0 Å². The zero-order valence-corrected chi connectivity index (χ0v) is 14.5. The van der Waals surface area contributed by atoms with E-state index >= 15 is 0 Å². The van der Waals surface area contributed by atoms with Crippen molar-refractivity contribution in [3.05, 3.63) is 10.8 Å². The van der Waals surface area contributed by atoms with Crippen LogP contribution in [-0.2, 0) is 35.8 Å². The summed E-state index contributed by atoms with van der Waals surface area (Å²) in [7, 11) is -0.565. The molecule has 7 nitrogen and oxygen atoms in total. The Balaban J connectivity index is 2.62. The molecule has 1 aliphatic rings. The third kappa shape index (κ3) is 3.21. The highest BCUT2D eigenvalue weighted by atomic mass is 35.7. The topological polar surface area (TPSA) is 95.3 Å². The van der Waals surface area contributed by atoms with Gasteiger partial charge in [0.05, 0.1) is 23.7 Å². The molecule has 1 aromatic heterocycles. The maximum Gasteiger partial charge on any atom is 0.266 e. The molecule has 21 heavy (non-hydrogen) atoms. The van der Waals surface area contributed by atoms with Gasteiger partial charge in [-0.05, 0) is 13.3 Å². The molecule has 11 heteroatoms. The van der Waals surface area contributed by atoms with Gasteiger partial charge in [0.15, 0.2) is 9.84 Å². The molecular weight excluding hydrogens is 363 g/mol. The van der Waals surface area contributed by atoms with E-state index in [4.69, 9.17) is 27.0 Å². The van der Waals surface area contributed by atoms with E-state index in [1.54, 1.807) is 6.92 Å². The van der Waals surface area contributed by atoms with E-state index in [1.807, 2.05) is 0 Å². The van der Waals surface area contributed by atoms with Crippen LogP contribution in [0.1, 0.15) is 19.0 Å². The van der Waals surface area contributed by atoms with Gasteiger partial charge in [0.2, 0.25) is 0 Å². The van der Waals surface area contributed by atoms with Gasteiger partial charge < -0.3 is 4.74 Å². The molecule has 0 radical (unpaired) electrons. The molecule has 0 amide bonds. The summed E-state index contributed by atoms with van der Waals surface area (Å²) in [5.41, 5.74) is -0.846. The van der Waals surface area contributed by atoms with Crippen LogP contribution in [0.15, 0.2) is 4.90 Å². The standard InChI is InChI=1S/C10H14Cl2N2O5S2/c1-10(3-4-20(15,16)6-10)14-9(11)8(21(12,17)18)7(13-14)5-19-2/h3-6H2,1-2H3. The molecule has 1 aromatic rings. The SMILES string of the molecule is COCc1nn(C2(C)CCS(=O)(=O)C2)c(Cl)c1S(=O)(=O)Cl. The lowest BCUT2D eigenvalue weighted by Crippen LogP contribution is -2.32. The van der Waals surface area contributed by atoms with Crippen LogP contribution in [0, 0.1) is 0 Å². The second kappa shape index (κ2) is 5.38. The summed E-state index contributed by atoms with van der Waals surface area (Å²) >= 11 is 6.10. The van der Waals surface area contributed by atoms with E-state index in [1.165, 1.54) is 11.8 Å². The first-order valence-electron chi connectivity index (χ1n) is 5.92. The molecule has 120 valence electrons. The van der Waals surface area contributed by atoms with Crippen LogP contribution in [0.3, 0.4) is 0 Å². The summed E-state index contributed by atoms with van der Waals surface area (Å²) in [4.78, 5) is -0.335. The van der Waals surface area contributed by atoms with Crippen LogP contribution < -0.4 is 0 Å². The fraction of sp³-hybridized carbons (Fsp3) is 0.700. The zero-order valence-electron chi connectivity index (χ0n) is 11.3. The first kappa shape index (κ1) is 17.0. The largest absolute Gasteiger partial charge is 0.378 e. The van der Waals surface area contributed by atoms with Crippen LogP contribution in [0.5, 0.6) is 0 Å². The Morgan fingerprint density at radius 1 is 1.48 bits per heavy atom. The number of ether oxygens (including phenoxy) is 1. The second-order valence-electron chi connectivity index (χ2n) is 5.19. The quantitative estimate of drug-likeness (QED) is 0.731. The molecule has 1 unspecified atom stereocenters. The van der Waals surface area contributed by atoms with Crippen LogP contribution in [0.2, 0.25) is 5.15 Å². The Morgan fingerprint density at radius 3 is 2.52 bits per heavy atom. The van der Waals surface area contributed by atoms with E-state index < -0.39 is 24.4 Å². The van der Waals surface area contributed by atoms with E-state index in [2.05, 4.69) is 5.10 Å². The van der Waals surface area contributed by atoms with Crippen LogP contribution in [-0.4, -0.2) is 45.2 Å². The first-order chi connectivity index (χ1) is 9.50. The van der Waals surface area contributed by atoms with Gasteiger partial charge >= 0.3 is 0 Å². The van der Waals surface area contributed by atoms with E-state index in [0.29, 0.717) is 6.42 Å². The Morgan fingerprint density at radius 2 is 2.10 bits per heavy atom. The summed E-state index contributed by atoms with van der Waals surface area (Å²) in [5.74, 6) is -0.155. The minimum Gasteiger partial charge on any atom is -0.378 e. The summed E-state index contributed by atoms with van der Waals surface area (Å²) < 4.78 is 52.8. The number of hydrogen-bond acceptors (Lipinski definition) is 6. The number of sulfone groups is 1. The van der Waals surface area contributed by atoms with Crippen molar-refractivity contribution < 1.29 is 21.6 Å². The molecule has 1 aliphatic heterocycles. The lowest BCUT2D eigenvalue weighted by Gasteiger charge is -2.23. The molecule has 1 atom stereocenters. The van der Waals surface area contributed by atoms with E-state index in [9.17, 15) is 16.8 Å². The predicted molar refractivity (Wildman–Crippen MR) is 77.9 cm³/mol. The van der Waals surface area contributed by atoms with Gasteiger partial charge in [-0.1, -0.05) is 11.6 Å². The fourth-order valence-electron chi connectivity index (χ4n) is 2.42. The lowest BCUT2D eigenvalue weighted by molar-refractivity contribution is 0.177. The van der Waals surface area contributed by atoms with Crippen molar-refractivity contribution in [2.24, 2.45) is 0 Å². The molecule has 0 bridgehead atoms. The highest BCUT2D eigenvalue weighted by molar-refractivity contribution is 8.13. The smallest absolute Gasteiger partial charge is 0.266 e. The highest BCUT2D eigenvalue weighted by Gasteiger charge is 2.43. The maximum absolute atomic E-state index is 11.7. The molecule has 0 aromatic carbocycles. The zero-order chi connectivity index (χ0) is 16.1. The minimum absolute atomic E-state index is 0.00224. The molecule has 2 rings (SSSR count). The van der Waals surface area contributed by atoms with Crippen molar-refractivity contribution in [2.75, 3.05) is 18.6 Å². The fourth-order valence-corrected chi connectivity index (χ4v) is 6.45. The average Bonchev–Trinajstić information content (AvgIpc) is 2.77. The number of methoxy groups -OCH3 is 1. The summed E-state index contributed by atoms with van der Waals surface area (Å²) in [6.07, 6.45) is 0.297. The number of nitrogens with zero attached hydrogens (tertiary/aromatic N) is 2. The number of halogens is 2. The van der Waals surface area contributed by atoms with Crippen LogP contribution in [0.25, 0.3) is 0 Å². The van der Waals surface area contributed by atoms with Crippen molar-refractivity contribution in [3.8, 4) is 0 Å². The first-order valence-corrected chi connectivity index (χ1v) is 10.4. The van der Waals surface area contributed by atoms with Gasteiger partial charge in [0.25, 0.3) is 9.05 Å². The third-order valence-electron chi connectivity index (χ3n) is 3.37. The van der Waals surface area contributed by atoms with Crippen molar-refractivity contribution in [1.82, 2.24) is 9.78 Å². The summed E-state index contributed by atoms with van der Waals surface area (Å²) in [6.45, 7) is 1.56. The van der Waals surface area contributed by atoms with Gasteiger partial charge in [-0.15, -0.1) is 0 Å². The van der Waals surface area contributed by atoms with E-state index in [-0.39, 0.29) is 33.9 Å². The number of aromatic nitrogens is 2. The van der Waals surface area contributed by atoms with Gasteiger partial charge in [0.1, 0.15) is 15.7 Å². The lowest BCUT2D eigenvalue weighted by atomic mass is 10.0. The van der Waals surface area contributed by atoms with Crippen molar-refractivity contribution in [3.63, 3.8) is 0 Å².